The van der Waals surface area contributed by atoms with E-state index in [1.165, 1.54) is 0 Å². The van der Waals surface area contributed by atoms with E-state index in [1.54, 1.807) is 7.11 Å². The van der Waals surface area contributed by atoms with Crippen LogP contribution in [0.5, 0.6) is 5.75 Å². The van der Waals surface area contributed by atoms with Gasteiger partial charge in [0.05, 0.1) is 13.7 Å². The number of hydrogen-bond acceptors (Lipinski definition) is 4. The number of benzene rings is 1. The molecule has 2 N–H and O–H groups in total. The number of methoxy groups -OCH3 is 1. The number of amides is 1. The number of rotatable bonds is 4. The highest BCUT2D eigenvalue weighted by Crippen LogP contribution is 2.24. The average Bonchev–Trinajstić information content (AvgIpc) is 2.47. The van der Waals surface area contributed by atoms with E-state index in [0.29, 0.717) is 5.02 Å². The van der Waals surface area contributed by atoms with Gasteiger partial charge >= 0.3 is 0 Å². The molecule has 2 rings (SSSR count). The molecule has 1 aromatic rings. The molecule has 0 atom stereocenters. The smallest absolute Gasteiger partial charge is 0.236 e. The summed E-state index contributed by atoms with van der Waals surface area (Å²) in [6.07, 6.45) is 0. The van der Waals surface area contributed by atoms with Crippen molar-refractivity contribution < 1.29 is 9.53 Å². The second kappa shape index (κ2) is 10.1. The molecule has 1 saturated heterocycles. The lowest BCUT2D eigenvalue weighted by atomic mass is 10.1. The highest BCUT2D eigenvalue weighted by Gasteiger charge is 2.20. The van der Waals surface area contributed by atoms with Gasteiger partial charge in [-0.05, 0) is 18.2 Å². The second-order valence-electron chi connectivity index (χ2n) is 4.82. The molecule has 8 heteroatoms. The Balaban J connectivity index is 0.00000220. The molecule has 1 aliphatic heterocycles. The van der Waals surface area contributed by atoms with Crippen LogP contribution in [-0.4, -0.2) is 55.5 Å². The zero-order valence-corrected chi connectivity index (χ0v) is 14.8. The summed E-state index contributed by atoms with van der Waals surface area (Å²) in [5.74, 6) is 0.861. The van der Waals surface area contributed by atoms with Crippen molar-refractivity contribution in [2.45, 2.75) is 6.54 Å². The maximum absolute atomic E-state index is 11.5. The van der Waals surface area contributed by atoms with Gasteiger partial charge in [-0.1, -0.05) is 11.6 Å². The Bertz CT molecular complexity index is 480. The predicted molar refractivity (Wildman–Crippen MR) is 93.4 cm³/mol. The van der Waals surface area contributed by atoms with Crippen LogP contribution in [0, 0.1) is 0 Å². The SMILES string of the molecule is COc1ccc(Cl)cc1CN1CCN(C(=O)CN)CC1.Cl.Cl. The van der Waals surface area contributed by atoms with E-state index >= 15 is 0 Å². The Kier molecular flexibility index (Phi) is 9.80. The maximum atomic E-state index is 11.5. The molecule has 1 aliphatic rings. The van der Waals surface area contributed by atoms with Gasteiger partial charge < -0.3 is 15.4 Å². The third-order valence-corrected chi connectivity index (χ3v) is 3.77. The molecule has 0 saturated carbocycles. The average molecular weight is 371 g/mol. The lowest BCUT2D eigenvalue weighted by Gasteiger charge is -2.34. The van der Waals surface area contributed by atoms with Crippen molar-refractivity contribution in [1.29, 1.82) is 0 Å². The first-order chi connectivity index (χ1) is 9.63. The van der Waals surface area contributed by atoms with Crippen LogP contribution in [0.3, 0.4) is 0 Å². The van der Waals surface area contributed by atoms with Crippen LogP contribution in [0.1, 0.15) is 5.56 Å². The Hall–Kier alpha value is -0.720. The number of carbonyl (C=O) groups excluding carboxylic acids is 1. The first kappa shape index (κ1) is 21.3. The summed E-state index contributed by atoms with van der Waals surface area (Å²) in [4.78, 5) is 15.6. The number of piperazine rings is 1. The summed E-state index contributed by atoms with van der Waals surface area (Å²) in [6, 6.07) is 5.63. The van der Waals surface area contributed by atoms with Gasteiger partial charge in [0.15, 0.2) is 0 Å². The molecule has 1 aromatic carbocycles. The van der Waals surface area contributed by atoms with Crippen LogP contribution in [0.2, 0.25) is 5.02 Å². The van der Waals surface area contributed by atoms with Crippen LogP contribution < -0.4 is 10.5 Å². The Morgan fingerprint density at radius 1 is 1.27 bits per heavy atom. The van der Waals surface area contributed by atoms with Gasteiger partial charge in [-0.2, -0.15) is 0 Å². The molecule has 1 fully saturated rings. The van der Waals surface area contributed by atoms with Gasteiger partial charge in [0.25, 0.3) is 0 Å². The lowest BCUT2D eigenvalue weighted by molar-refractivity contribution is -0.131. The number of halogens is 3. The van der Waals surface area contributed by atoms with Crippen LogP contribution >= 0.6 is 36.4 Å². The van der Waals surface area contributed by atoms with E-state index < -0.39 is 0 Å². The Morgan fingerprint density at radius 3 is 2.45 bits per heavy atom. The zero-order chi connectivity index (χ0) is 14.5. The molecule has 22 heavy (non-hydrogen) atoms. The van der Waals surface area contributed by atoms with Crippen molar-refractivity contribution in [3.05, 3.63) is 28.8 Å². The van der Waals surface area contributed by atoms with Crippen molar-refractivity contribution in [3.63, 3.8) is 0 Å². The number of nitrogens with zero attached hydrogens (tertiary/aromatic N) is 2. The fourth-order valence-corrected chi connectivity index (χ4v) is 2.59. The number of nitrogens with two attached hydrogens (primary N) is 1. The van der Waals surface area contributed by atoms with Crippen LogP contribution in [0.25, 0.3) is 0 Å². The van der Waals surface area contributed by atoms with Gasteiger partial charge in [0, 0.05) is 43.3 Å². The number of ether oxygens (including phenoxy) is 1. The summed E-state index contributed by atoms with van der Waals surface area (Å²) in [5, 5.41) is 0.706. The maximum Gasteiger partial charge on any atom is 0.236 e. The van der Waals surface area contributed by atoms with Crippen molar-refractivity contribution in [2.75, 3.05) is 39.8 Å². The minimum absolute atomic E-state index is 0. The topological polar surface area (TPSA) is 58.8 Å². The Labute approximate surface area is 148 Å². The van der Waals surface area contributed by atoms with Gasteiger partial charge in [-0.3, -0.25) is 9.69 Å². The first-order valence-corrected chi connectivity index (χ1v) is 7.04. The summed E-state index contributed by atoms with van der Waals surface area (Å²) in [6.45, 7) is 3.97. The third-order valence-electron chi connectivity index (χ3n) is 3.54. The lowest BCUT2D eigenvalue weighted by Crippen LogP contribution is -2.49. The molecule has 0 unspecified atom stereocenters. The van der Waals surface area contributed by atoms with Crippen LogP contribution in [0.4, 0.5) is 0 Å². The molecule has 0 aromatic heterocycles. The van der Waals surface area contributed by atoms with Gasteiger partial charge in [0.2, 0.25) is 5.91 Å². The molecule has 5 nitrogen and oxygen atoms in total. The van der Waals surface area contributed by atoms with E-state index in [0.717, 1.165) is 44.0 Å². The quantitative estimate of drug-likeness (QED) is 0.878. The van der Waals surface area contributed by atoms with Crippen molar-refractivity contribution in [1.82, 2.24) is 9.80 Å². The van der Waals surface area contributed by atoms with E-state index in [2.05, 4.69) is 4.90 Å². The normalized spacial score (nSPS) is 14.8. The predicted octanol–water partition coefficient (Wildman–Crippen LogP) is 1.80. The van der Waals surface area contributed by atoms with Crippen LogP contribution in [-0.2, 0) is 11.3 Å². The van der Waals surface area contributed by atoms with E-state index in [4.69, 9.17) is 22.1 Å². The highest BCUT2D eigenvalue weighted by molar-refractivity contribution is 6.30. The van der Waals surface area contributed by atoms with Crippen molar-refractivity contribution in [2.24, 2.45) is 5.73 Å². The molecule has 0 radical (unpaired) electrons. The van der Waals surface area contributed by atoms with Gasteiger partial charge in [0.1, 0.15) is 5.75 Å². The monoisotopic (exact) mass is 369 g/mol. The molecule has 0 spiro atoms. The third kappa shape index (κ3) is 5.48. The minimum Gasteiger partial charge on any atom is -0.496 e. The van der Waals surface area contributed by atoms with Crippen LogP contribution in [0.15, 0.2) is 18.2 Å². The van der Waals surface area contributed by atoms with Gasteiger partial charge in [-0.25, -0.2) is 0 Å². The molecule has 0 bridgehead atoms. The minimum atomic E-state index is 0. The zero-order valence-electron chi connectivity index (χ0n) is 12.5. The molecular weight excluding hydrogens is 349 g/mol. The van der Waals surface area contributed by atoms with E-state index in [1.807, 2.05) is 23.1 Å². The fraction of sp³-hybridized carbons (Fsp3) is 0.500. The van der Waals surface area contributed by atoms with E-state index in [-0.39, 0.29) is 37.3 Å². The standard InChI is InChI=1S/C14H20ClN3O2.2ClH/c1-20-13-3-2-12(15)8-11(13)10-17-4-6-18(7-5-17)14(19)9-16;;/h2-3,8H,4-7,9-10,16H2,1H3;2*1H. The highest BCUT2D eigenvalue weighted by atomic mass is 35.5. The van der Waals surface area contributed by atoms with E-state index in [9.17, 15) is 4.79 Å². The molecule has 1 amide bonds. The van der Waals surface area contributed by atoms with Gasteiger partial charge in [-0.15, -0.1) is 24.8 Å². The summed E-state index contributed by atoms with van der Waals surface area (Å²) < 4.78 is 5.35. The summed E-state index contributed by atoms with van der Waals surface area (Å²) >= 11 is 6.03. The first-order valence-electron chi connectivity index (χ1n) is 6.66. The molecular formula is C14H22Cl3N3O2. The fourth-order valence-electron chi connectivity index (χ4n) is 2.40. The van der Waals surface area contributed by atoms with Crippen molar-refractivity contribution in [3.8, 4) is 5.75 Å². The number of hydrogen-bond donors (Lipinski definition) is 1. The Morgan fingerprint density at radius 2 is 1.91 bits per heavy atom. The molecule has 1 heterocycles. The summed E-state index contributed by atoms with van der Waals surface area (Å²) in [5.41, 5.74) is 6.45. The number of carbonyl (C=O) groups is 1. The second-order valence-corrected chi connectivity index (χ2v) is 5.25. The molecule has 126 valence electrons. The molecule has 0 aliphatic carbocycles. The summed E-state index contributed by atoms with van der Waals surface area (Å²) in [7, 11) is 1.66. The van der Waals surface area contributed by atoms with Crippen molar-refractivity contribution >= 4 is 42.3 Å². The largest absolute Gasteiger partial charge is 0.496 e.